The molecule has 0 aliphatic heterocycles. The van der Waals surface area contributed by atoms with Gasteiger partial charge in [0, 0.05) is 11.3 Å². The van der Waals surface area contributed by atoms with Crippen molar-refractivity contribution in [1.82, 2.24) is 9.97 Å². The molecule has 1 aromatic heterocycles. The SMILES string of the molecule is O=C(CSc1nc(=O)[nH]c2c1CCC2)Nc1ccccc1F. The Labute approximate surface area is 130 Å². The number of rotatable bonds is 4. The number of carbonyl (C=O) groups is 1. The van der Waals surface area contributed by atoms with Crippen LogP contribution in [0.5, 0.6) is 0 Å². The highest BCUT2D eigenvalue weighted by molar-refractivity contribution is 8.00. The van der Waals surface area contributed by atoms with E-state index in [-0.39, 0.29) is 17.3 Å². The summed E-state index contributed by atoms with van der Waals surface area (Å²) < 4.78 is 13.5. The molecule has 2 aromatic rings. The van der Waals surface area contributed by atoms with Gasteiger partial charge in [-0.25, -0.2) is 9.18 Å². The summed E-state index contributed by atoms with van der Waals surface area (Å²) in [7, 11) is 0. The van der Waals surface area contributed by atoms with Crippen LogP contribution in [-0.4, -0.2) is 21.6 Å². The van der Waals surface area contributed by atoms with Gasteiger partial charge in [0.1, 0.15) is 10.8 Å². The molecule has 1 aliphatic carbocycles. The molecule has 1 amide bonds. The molecule has 1 aliphatic rings. The molecule has 0 fully saturated rings. The van der Waals surface area contributed by atoms with Gasteiger partial charge in [-0.1, -0.05) is 23.9 Å². The summed E-state index contributed by atoms with van der Waals surface area (Å²) in [6.07, 6.45) is 2.67. The molecule has 0 unspecified atom stereocenters. The third-order valence-electron chi connectivity index (χ3n) is 3.42. The van der Waals surface area contributed by atoms with Crippen LogP contribution in [0.1, 0.15) is 17.7 Å². The van der Waals surface area contributed by atoms with Crippen LogP contribution >= 0.6 is 11.8 Å². The smallest absolute Gasteiger partial charge is 0.323 e. The first-order chi connectivity index (χ1) is 10.6. The van der Waals surface area contributed by atoms with E-state index in [0.29, 0.717) is 5.03 Å². The van der Waals surface area contributed by atoms with Crippen LogP contribution in [0.25, 0.3) is 0 Å². The van der Waals surface area contributed by atoms with Crippen molar-refractivity contribution in [2.24, 2.45) is 0 Å². The topological polar surface area (TPSA) is 74.8 Å². The van der Waals surface area contributed by atoms with E-state index >= 15 is 0 Å². The van der Waals surface area contributed by atoms with Crippen molar-refractivity contribution >= 4 is 23.4 Å². The minimum absolute atomic E-state index is 0.0806. The average molecular weight is 319 g/mol. The van der Waals surface area contributed by atoms with Gasteiger partial charge in [0.05, 0.1) is 11.4 Å². The Morgan fingerprint density at radius 3 is 3.00 bits per heavy atom. The van der Waals surface area contributed by atoms with E-state index in [0.717, 1.165) is 30.5 Å². The van der Waals surface area contributed by atoms with E-state index in [4.69, 9.17) is 0 Å². The first-order valence-corrected chi connectivity index (χ1v) is 7.91. The van der Waals surface area contributed by atoms with Gasteiger partial charge in [0.25, 0.3) is 0 Å². The van der Waals surface area contributed by atoms with Crippen molar-refractivity contribution in [3.8, 4) is 0 Å². The number of aryl methyl sites for hydroxylation is 1. The predicted octanol–water partition coefficient (Wildman–Crippen LogP) is 2.13. The number of nitrogens with one attached hydrogen (secondary N) is 2. The number of hydrogen-bond acceptors (Lipinski definition) is 4. The minimum Gasteiger partial charge on any atom is -0.323 e. The van der Waals surface area contributed by atoms with Crippen molar-refractivity contribution in [1.29, 1.82) is 0 Å². The minimum atomic E-state index is -0.476. The summed E-state index contributed by atoms with van der Waals surface area (Å²) in [5.41, 5.74) is 1.69. The molecule has 0 radical (unpaired) electrons. The van der Waals surface area contributed by atoms with E-state index < -0.39 is 11.5 Å². The normalized spacial score (nSPS) is 13.0. The summed E-state index contributed by atoms with van der Waals surface area (Å²) >= 11 is 1.21. The van der Waals surface area contributed by atoms with Gasteiger partial charge in [-0.3, -0.25) is 4.79 Å². The fourth-order valence-electron chi connectivity index (χ4n) is 2.44. The zero-order valence-electron chi connectivity index (χ0n) is 11.7. The van der Waals surface area contributed by atoms with Crippen molar-refractivity contribution in [2.75, 3.05) is 11.1 Å². The Hall–Kier alpha value is -2.15. The lowest BCUT2D eigenvalue weighted by Crippen LogP contribution is -2.17. The lowest BCUT2D eigenvalue weighted by molar-refractivity contribution is -0.113. The second-order valence-electron chi connectivity index (χ2n) is 4.97. The molecule has 0 spiro atoms. The highest BCUT2D eigenvalue weighted by Crippen LogP contribution is 2.27. The third kappa shape index (κ3) is 3.19. The van der Waals surface area contributed by atoms with Gasteiger partial charge >= 0.3 is 5.69 Å². The van der Waals surface area contributed by atoms with Gasteiger partial charge < -0.3 is 10.3 Å². The maximum atomic E-state index is 13.5. The number of halogens is 1. The molecule has 5 nitrogen and oxygen atoms in total. The summed E-state index contributed by atoms with van der Waals surface area (Å²) in [5.74, 6) is -0.725. The molecule has 1 aromatic carbocycles. The Bertz CT molecular complexity index is 776. The monoisotopic (exact) mass is 319 g/mol. The van der Waals surface area contributed by atoms with Crippen LogP contribution in [0.15, 0.2) is 34.1 Å². The van der Waals surface area contributed by atoms with Gasteiger partial charge in [0.15, 0.2) is 0 Å². The Balaban J connectivity index is 1.67. The van der Waals surface area contributed by atoms with Gasteiger partial charge in [-0.05, 0) is 31.4 Å². The quantitative estimate of drug-likeness (QED) is 0.669. The van der Waals surface area contributed by atoms with E-state index in [1.54, 1.807) is 12.1 Å². The van der Waals surface area contributed by atoms with Crippen molar-refractivity contribution in [3.63, 3.8) is 0 Å². The van der Waals surface area contributed by atoms with Crippen LogP contribution < -0.4 is 11.0 Å². The second-order valence-corrected chi connectivity index (χ2v) is 5.94. The average Bonchev–Trinajstić information content (AvgIpc) is 2.95. The fraction of sp³-hybridized carbons (Fsp3) is 0.267. The standard InChI is InChI=1S/C15H14FN3O2S/c16-10-5-1-2-6-12(10)17-13(20)8-22-14-9-4-3-7-11(9)18-15(21)19-14/h1-2,5-6H,3-4,7-8H2,(H,17,20)(H,18,19,21). The molecule has 3 rings (SSSR count). The summed E-state index contributed by atoms with van der Waals surface area (Å²) in [4.78, 5) is 30.1. The number of hydrogen-bond donors (Lipinski definition) is 2. The largest absolute Gasteiger partial charge is 0.346 e. The summed E-state index contributed by atoms with van der Waals surface area (Å²) in [5, 5.41) is 3.11. The number of amides is 1. The molecular formula is C15H14FN3O2S. The van der Waals surface area contributed by atoms with Crippen LogP contribution in [0.2, 0.25) is 0 Å². The molecule has 0 bridgehead atoms. The predicted molar refractivity (Wildman–Crippen MR) is 82.6 cm³/mol. The Kier molecular flexibility index (Phi) is 4.24. The number of benzene rings is 1. The lowest BCUT2D eigenvalue weighted by atomic mass is 10.3. The van der Waals surface area contributed by atoms with Crippen molar-refractivity contribution in [3.05, 3.63) is 51.8 Å². The molecule has 1 heterocycles. The van der Waals surface area contributed by atoms with Crippen LogP contribution in [-0.2, 0) is 17.6 Å². The molecule has 0 saturated heterocycles. The second kappa shape index (κ2) is 6.31. The first-order valence-electron chi connectivity index (χ1n) is 6.93. The molecule has 7 heteroatoms. The Morgan fingerprint density at radius 1 is 1.36 bits per heavy atom. The van der Waals surface area contributed by atoms with Crippen LogP contribution in [0, 0.1) is 5.82 Å². The molecular weight excluding hydrogens is 305 g/mol. The highest BCUT2D eigenvalue weighted by Gasteiger charge is 2.18. The van der Waals surface area contributed by atoms with E-state index in [9.17, 15) is 14.0 Å². The third-order valence-corrected chi connectivity index (χ3v) is 4.44. The lowest BCUT2D eigenvalue weighted by Gasteiger charge is -2.08. The summed E-state index contributed by atoms with van der Waals surface area (Å²) in [6, 6.07) is 6.00. The van der Waals surface area contributed by atoms with E-state index in [1.807, 2.05) is 0 Å². The first kappa shape index (κ1) is 14.8. The highest BCUT2D eigenvalue weighted by atomic mass is 32.2. The van der Waals surface area contributed by atoms with Gasteiger partial charge in [-0.2, -0.15) is 4.98 Å². The number of aromatic nitrogens is 2. The number of para-hydroxylation sites is 1. The molecule has 114 valence electrons. The van der Waals surface area contributed by atoms with Gasteiger partial charge in [0.2, 0.25) is 5.91 Å². The molecule has 0 atom stereocenters. The number of H-pyrrole nitrogens is 1. The molecule has 2 N–H and O–H groups in total. The number of carbonyl (C=O) groups excluding carboxylic acids is 1. The number of nitrogens with zero attached hydrogens (tertiary/aromatic N) is 1. The number of aromatic amines is 1. The maximum absolute atomic E-state index is 13.5. The van der Waals surface area contributed by atoms with Crippen LogP contribution in [0.4, 0.5) is 10.1 Å². The summed E-state index contributed by atoms with van der Waals surface area (Å²) in [6.45, 7) is 0. The zero-order valence-corrected chi connectivity index (χ0v) is 12.5. The number of fused-ring (bicyclic) bond motifs is 1. The van der Waals surface area contributed by atoms with E-state index in [1.165, 1.54) is 23.9 Å². The number of thioether (sulfide) groups is 1. The molecule has 0 saturated carbocycles. The molecule has 22 heavy (non-hydrogen) atoms. The van der Waals surface area contributed by atoms with Crippen molar-refractivity contribution < 1.29 is 9.18 Å². The number of anilines is 1. The zero-order chi connectivity index (χ0) is 15.5. The van der Waals surface area contributed by atoms with Gasteiger partial charge in [-0.15, -0.1) is 0 Å². The van der Waals surface area contributed by atoms with Crippen LogP contribution in [0.3, 0.4) is 0 Å². The maximum Gasteiger partial charge on any atom is 0.346 e. The fourth-order valence-corrected chi connectivity index (χ4v) is 3.32. The van der Waals surface area contributed by atoms with E-state index in [2.05, 4.69) is 15.3 Å². The van der Waals surface area contributed by atoms with Crippen molar-refractivity contribution in [2.45, 2.75) is 24.3 Å². The Morgan fingerprint density at radius 2 is 2.18 bits per heavy atom.